The van der Waals surface area contributed by atoms with Crippen LogP contribution < -0.4 is 10.0 Å². The minimum atomic E-state index is -3.87. The van der Waals surface area contributed by atoms with Crippen molar-refractivity contribution in [3.05, 3.63) is 35.4 Å². The fourth-order valence-electron chi connectivity index (χ4n) is 1.81. The van der Waals surface area contributed by atoms with Gasteiger partial charge in [0, 0.05) is 12.3 Å². The van der Waals surface area contributed by atoms with Gasteiger partial charge in [0.2, 0.25) is 21.1 Å². The van der Waals surface area contributed by atoms with Gasteiger partial charge in [0.25, 0.3) is 0 Å². The first-order chi connectivity index (χ1) is 11.8. The van der Waals surface area contributed by atoms with Crippen molar-refractivity contribution in [3.63, 3.8) is 0 Å². The molecule has 0 atom stereocenters. The molecule has 136 valence electrons. The maximum atomic E-state index is 13.2. The molecule has 0 saturated carbocycles. The van der Waals surface area contributed by atoms with E-state index >= 15 is 0 Å². The SMILES string of the molecule is Cc1nc(SCCNC(=O)CNS(=O)(=O)c2ccc(F)c(C)c2)n[nH]1. The molecule has 1 heterocycles. The van der Waals surface area contributed by atoms with Crippen molar-refractivity contribution in [3.8, 4) is 0 Å². The molecule has 8 nitrogen and oxygen atoms in total. The fraction of sp³-hybridized carbons (Fsp3) is 0.357. The van der Waals surface area contributed by atoms with Crippen LogP contribution in [0.4, 0.5) is 4.39 Å². The summed E-state index contributed by atoms with van der Waals surface area (Å²) < 4.78 is 39.6. The van der Waals surface area contributed by atoms with Crippen molar-refractivity contribution in [1.82, 2.24) is 25.2 Å². The van der Waals surface area contributed by atoms with Crippen molar-refractivity contribution >= 4 is 27.7 Å². The lowest BCUT2D eigenvalue weighted by atomic mass is 10.2. The monoisotopic (exact) mass is 387 g/mol. The van der Waals surface area contributed by atoms with Crippen molar-refractivity contribution < 1.29 is 17.6 Å². The second kappa shape index (κ2) is 8.41. The van der Waals surface area contributed by atoms with Gasteiger partial charge in [-0.15, -0.1) is 5.10 Å². The van der Waals surface area contributed by atoms with E-state index in [2.05, 4.69) is 25.2 Å². The van der Waals surface area contributed by atoms with E-state index in [0.717, 1.165) is 12.1 Å². The van der Waals surface area contributed by atoms with Crippen LogP contribution in [0.1, 0.15) is 11.4 Å². The number of aromatic amines is 1. The summed E-state index contributed by atoms with van der Waals surface area (Å²) in [4.78, 5) is 15.7. The summed E-state index contributed by atoms with van der Waals surface area (Å²) in [6.07, 6.45) is 0. The van der Waals surface area contributed by atoms with E-state index < -0.39 is 28.3 Å². The van der Waals surface area contributed by atoms with Crippen molar-refractivity contribution in [2.24, 2.45) is 0 Å². The molecule has 0 saturated heterocycles. The van der Waals surface area contributed by atoms with Crippen molar-refractivity contribution in [1.29, 1.82) is 0 Å². The number of halogens is 1. The van der Waals surface area contributed by atoms with E-state index in [-0.39, 0.29) is 10.5 Å². The molecule has 1 aromatic carbocycles. The Bertz CT molecular complexity index is 854. The van der Waals surface area contributed by atoms with Crippen LogP contribution in [0.15, 0.2) is 28.3 Å². The molecule has 25 heavy (non-hydrogen) atoms. The molecule has 11 heteroatoms. The van der Waals surface area contributed by atoms with Gasteiger partial charge in [0.15, 0.2) is 0 Å². The zero-order valence-corrected chi connectivity index (χ0v) is 15.3. The van der Waals surface area contributed by atoms with Crippen molar-refractivity contribution in [2.75, 3.05) is 18.8 Å². The normalized spacial score (nSPS) is 11.5. The lowest BCUT2D eigenvalue weighted by molar-refractivity contribution is -0.119. The summed E-state index contributed by atoms with van der Waals surface area (Å²) in [6, 6.07) is 3.44. The number of aryl methyl sites for hydroxylation is 2. The number of benzene rings is 1. The molecule has 1 amide bonds. The summed E-state index contributed by atoms with van der Waals surface area (Å²) in [7, 11) is -3.87. The average molecular weight is 387 g/mol. The fourth-order valence-corrected chi connectivity index (χ4v) is 3.58. The molecule has 0 bridgehead atoms. The molecule has 0 aliphatic heterocycles. The maximum Gasteiger partial charge on any atom is 0.241 e. The second-order valence-corrected chi connectivity index (χ2v) is 7.97. The van der Waals surface area contributed by atoms with Crippen LogP contribution in [0, 0.1) is 19.7 Å². The Balaban J connectivity index is 1.75. The Morgan fingerprint density at radius 3 is 2.76 bits per heavy atom. The van der Waals surface area contributed by atoms with Gasteiger partial charge in [0.1, 0.15) is 11.6 Å². The van der Waals surface area contributed by atoms with Gasteiger partial charge < -0.3 is 5.32 Å². The number of hydrogen-bond donors (Lipinski definition) is 3. The number of thioether (sulfide) groups is 1. The first kappa shape index (κ1) is 19.3. The van der Waals surface area contributed by atoms with Gasteiger partial charge >= 0.3 is 0 Å². The second-order valence-electron chi connectivity index (χ2n) is 5.14. The summed E-state index contributed by atoms with van der Waals surface area (Å²) in [5.41, 5.74) is 0.214. The van der Waals surface area contributed by atoms with E-state index in [1.807, 2.05) is 0 Å². The van der Waals surface area contributed by atoms with Crippen LogP contribution in [-0.4, -0.2) is 48.3 Å². The molecule has 0 radical (unpaired) electrons. The van der Waals surface area contributed by atoms with Crippen LogP contribution in [-0.2, 0) is 14.8 Å². The lowest BCUT2D eigenvalue weighted by Gasteiger charge is -2.08. The Morgan fingerprint density at radius 2 is 2.12 bits per heavy atom. The molecule has 0 aliphatic carbocycles. The van der Waals surface area contributed by atoms with Gasteiger partial charge in [-0.25, -0.2) is 22.5 Å². The van der Waals surface area contributed by atoms with Crippen LogP contribution in [0.3, 0.4) is 0 Å². The smallest absolute Gasteiger partial charge is 0.241 e. The summed E-state index contributed by atoms with van der Waals surface area (Å²) in [6.45, 7) is 3.19. The number of hydrogen-bond acceptors (Lipinski definition) is 6. The van der Waals surface area contributed by atoms with E-state index in [1.165, 1.54) is 24.8 Å². The number of carbonyl (C=O) groups excluding carboxylic acids is 1. The standard InChI is InChI=1S/C14H18FN5O3S2/c1-9-7-11(3-4-12(9)15)25(22,23)17-8-13(21)16-5-6-24-14-18-10(2)19-20-14/h3-4,7,17H,5-6,8H2,1-2H3,(H,16,21)(H,18,19,20). The molecular weight excluding hydrogens is 369 g/mol. The molecule has 0 fully saturated rings. The Hall–Kier alpha value is -1.98. The van der Waals surface area contributed by atoms with E-state index in [0.29, 0.717) is 23.3 Å². The van der Waals surface area contributed by atoms with Crippen LogP contribution in [0.2, 0.25) is 0 Å². The van der Waals surface area contributed by atoms with E-state index in [1.54, 1.807) is 6.92 Å². The number of rotatable bonds is 8. The number of amides is 1. The largest absolute Gasteiger partial charge is 0.354 e. The Morgan fingerprint density at radius 1 is 1.36 bits per heavy atom. The number of nitrogens with zero attached hydrogens (tertiary/aromatic N) is 2. The zero-order valence-electron chi connectivity index (χ0n) is 13.7. The predicted molar refractivity (Wildman–Crippen MR) is 91.2 cm³/mol. The summed E-state index contributed by atoms with van der Waals surface area (Å²) in [5, 5.41) is 9.83. The molecule has 2 aromatic rings. The average Bonchev–Trinajstić information content (AvgIpc) is 2.97. The summed E-state index contributed by atoms with van der Waals surface area (Å²) >= 11 is 1.36. The van der Waals surface area contributed by atoms with Gasteiger partial charge in [-0.2, -0.15) is 0 Å². The lowest BCUT2D eigenvalue weighted by Crippen LogP contribution is -2.37. The van der Waals surface area contributed by atoms with Gasteiger partial charge in [-0.1, -0.05) is 11.8 Å². The van der Waals surface area contributed by atoms with Crippen molar-refractivity contribution in [2.45, 2.75) is 23.9 Å². The third-order valence-corrected chi connectivity index (χ3v) is 5.34. The quantitative estimate of drug-likeness (QED) is 0.455. The van der Waals surface area contributed by atoms with Crippen LogP contribution in [0.5, 0.6) is 0 Å². The third kappa shape index (κ3) is 5.80. The van der Waals surface area contributed by atoms with E-state index in [9.17, 15) is 17.6 Å². The molecule has 0 aliphatic rings. The number of nitrogens with one attached hydrogen (secondary N) is 3. The Kier molecular flexibility index (Phi) is 6.51. The third-order valence-electron chi connectivity index (χ3n) is 3.09. The number of sulfonamides is 1. The highest BCUT2D eigenvalue weighted by Gasteiger charge is 2.16. The highest BCUT2D eigenvalue weighted by molar-refractivity contribution is 7.99. The number of H-pyrrole nitrogens is 1. The Labute approximate surface area is 149 Å². The van der Waals surface area contributed by atoms with Gasteiger partial charge in [-0.05, 0) is 37.6 Å². The van der Waals surface area contributed by atoms with Gasteiger partial charge in [-0.3, -0.25) is 9.89 Å². The van der Waals surface area contributed by atoms with Crippen LogP contribution >= 0.6 is 11.8 Å². The highest BCUT2D eigenvalue weighted by Crippen LogP contribution is 2.14. The molecule has 1 aromatic heterocycles. The molecular formula is C14H18FN5O3S2. The topological polar surface area (TPSA) is 117 Å². The predicted octanol–water partition coefficient (Wildman–Crippen LogP) is 0.747. The van der Waals surface area contributed by atoms with Crippen LogP contribution in [0.25, 0.3) is 0 Å². The number of carbonyl (C=O) groups is 1. The summed E-state index contributed by atoms with van der Waals surface area (Å²) in [5.74, 6) is 0.300. The van der Waals surface area contributed by atoms with E-state index in [4.69, 9.17) is 0 Å². The first-order valence-corrected chi connectivity index (χ1v) is 9.79. The minimum Gasteiger partial charge on any atom is -0.354 e. The molecule has 3 N–H and O–H groups in total. The number of aromatic nitrogens is 3. The minimum absolute atomic E-state index is 0.0882. The molecule has 0 spiro atoms. The first-order valence-electron chi connectivity index (χ1n) is 7.32. The molecule has 2 rings (SSSR count). The zero-order chi connectivity index (χ0) is 18.4. The maximum absolute atomic E-state index is 13.2. The highest BCUT2D eigenvalue weighted by atomic mass is 32.2. The van der Waals surface area contributed by atoms with Gasteiger partial charge in [0.05, 0.1) is 11.4 Å². The molecule has 0 unspecified atom stereocenters.